The first-order valence-corrected chi connectivity index (χ1v) is 6.09. The van der Waals surface area contributed by atoms with Crippen LogP contribution in [0.5, 0.6) is 0 Å². The van der Waals surface area contributed by atoms with E-state index in [2.05, 4.69) is 37.8 Å². The minimum absolute atomic E-state index is 0.0430. The Kier molecular flexibility index (Phi) is 3.62. The molecule has 0 aromatic heterocycles. The van der Waals surface area contributed by atoms with E-state index in [1.165, 1.54) is 0 Å². The van der Waals surface area contributed by atoms with Crippen molar-refractivity contribution in [2.75, 3.05) is 6.61 Å². The molecule has 0 spiro atoms. The van der Waals surface area contributed by atoms with Gasteiger partial charge in [-0.2, -0.15) is 0 Å². The molecule has 0 amide bonds. The lowest BCUT2D eigenvalue weighted by molar-refractivity contribution is -0.182. The van der Waals surface area contributed by atoms with Crippen molar-refractivity contribution in [1.29, 1.82) is 0 Å². The van der Waals surface area contributed by atoms with Gasteiger partial charge in [-0.3, -0.25) is 0 Å². The molecule has 3 atom stereocenters. The minimum atomic E-state index is -0.258. The summed E-state index contributed by atoms with van der Waals surface area (Å²) in [5, 5.41) is 0. The Morgan fingerprint density at radius 2 is 2.44 bits per heavy atom. The molecule has 0 saturated carbocycles. The summed E-state index contributed by atoms with van der Waals surface area (Å²) >= 11 is 0. The van der Waals surface area contributed by atoms with E-state index in [1.54, 1.807) is 0 Å². The monoisotopic (exact) mass is 220 g/mol. The molecule has 1 aliphatic heterocycles. The Balaban J connectivity index is 2.12. The van der Waals surface area contributed by atoms with Gasteiger partial charge >= 0.3 is 0 Å². The van der Waals surface area contributed by atoms with Gasteiger partial charge in [-0.15, -0.1) is 6.58 Å². The molecule has 0 aromatic carbocycles. The van der Waals surface area contributed by atoms with Crippen LogP contribution in [0.1, 0.15) is 26.2 Å². The van der Waals surface area contributed by atoms with Crippen molar-refractivity contribution >= 4 is 0 Å². The van der Waals surface area contributed by atoms with Crippen LogP contribution in [0.15, 0.2) is 37.0 Å². The summed E-state index contributed by atoms with van der Waals surface area (Å²) < 4.78 is 11.7. The Morgan fingerprint density at radius 1 is 1.56 bits per heavy atom. The summed E-state index contributed by atoms with van der Waals surface area (Å²) in [5.74, 6) is 0.242. The molecular weight excluding hydrogens is 200 g/mol. The van der Waals surface area contributed by atoms with Crippen molar-refractivity contribution in [1.82, 2.24) is 0 Å². The fourth-order valence-electron chi connectivity index (χ4n) is 2.39. The normalized spacial score (nSPS) is 37.8. The molecule has 2 aliphatic rings. The first kappa shape index (κ1) is 11.6. The molecule has 1 aliphatic carbocycles. The first-order chi connectivity index (χ1) is 7.80. The number of rotatable bonds is 4. The molecule has 2 rings (SSSR count). The maximum Gasteiger partial charge on any atom is 0.158 e. The topological polar surface area (TPSA) is 18.5 Å². The van der Waals surface area contributed by atoms with Crippen LogP contribution in [0.3, 0.4) is 0 Å². The van der Waals surface area contributed by atoms with Gasteiger partial charge in [0.25, 0.3) is 0 Å². The summed E-state index contributed by atoms with van der Waals surface area (Å²) in [5.41, 5.74) is -0.258. The molecule has 0 bridgehead atoms. The molecular formula is C14H20O2. The Labute approximate surface area is 97.6 Å². The van der Waals surface area contributed by atoms with E-state index in [1.807, 2.05) is 6.08 Å². The summed E-state index contributed by atoms with van der Waals surface area (Å²) in [4.78, 5) is 0. The van der Waals surface area contributed by atoms with E-state index in [0.717, 1.165) is 25.9 Å². The highest BCUT2D eigenvalue weighted by molar-refractivity contribution is 5.25. The van der Waals surface area contributed by atoms with Crippen molar-refractivity contribution < 1.29 is 9.47 Å². The average molecular weight is 220 g/mol. The standard InChI is InChI=1S/C14H20O2/c1-3-12-8-5-6-10-14(12,4-2)16-13-9-7-11-15-13/h3,5-6,8,10,12-13H,1,4,7,9,11H2,2H3. The van der Waals surface area contributed by atoms with Crippen LogP contribution < -0.4 is 0 Å². The molecule has 88 valence electrons. The molecule has 0 N–H and O–H groups in total. The maximum absolute atomic E-state index is 6.16. The smallest absolute Gasteiger partial charge is 0.158 e. The van der Waals surface area contributed by atoms with E-state index in [4.69, 9.17) is 9.47 Å². The summed E-state index contributed by atoms with van der Waals surface area (Å²) in [6.45, 7) is 6.87. The summed E-state index contributed by atoms with van der Waals surface area (Å²) in [7, 11) is 0. The molecule has 3 unspecified atom stereocenters. The van der Waals surface area contributed by atoms with Crippen molar-refractivity contribution in [2.45, 2.75) is 38.1 Å². The highest BCUT2D eigenvalue weighted by atomic mass is 16.7. The van der Waals surface area contributed by atoms with Gasteiger partial charge in [0.05, 0.1) is 5.60 Å². The third-order valence-electron chi connectivity index (χ3n) is 3.42. The summed E-state index contributed by atoms with van der Waals surface area (Å²) in [6.07, 6.45) is 13.3. The zero-order valence-electron chi connectivity index (χ0n) is 9.89. The van der Waals surface area contributed by atoms with Crippen molar-refractivity contribution in [2.24, 2.45) is 5.92 Å². The molecule has 1 heterocycles. The molecule has 1 fully saturated rings. The number of hydrogen-bond acceptors (Lipinski definition) is 2. The van der Waals surface area contributed by atoms with Crippen LogP contribution in [-0.2, 0) is 9.47 Å². The van der Waals surface area contributed by atoms with Crippen LogP contribution in [0.2, 0.25) is 0 Å². The SMILES string of the molecule is C=CC1C=CC=CC1(CC)OC1CCCO1. The zero-order valence-corrected chi connectivity index (χ0v) is 9.89. The second-order valence-electron chi connectivity index (χ2n) is 4.37. The Morgan fingerprint density at radius 3 is 3.06 bits per heavy atom. The van der Waals surface area contributed by atoms with Gasteiger partial charge in [-0.05, 0) is 12.8 Å². The van der Waals surface area contributed by atoms with Crippen molar-refractivity contribution in [3.63, 3.8) is 0 Å². The van der Waals surface area contributed by atoms with Gasteiger partial charge in [0, 0.05) is 18.9 Å². The molecule has 0 radical (unpaired) electrons. The van der Waals surface area contributed by atoms with Crippen LogP contribution in [0.25, 0.3) is 0 Å². The van der Waals surface area contributed by atoms with Gasteiger partial charge in [0.15, 0.2) is 6.29 Å². The van der Waals surface area contributed by atoms with Crippen LogP contribution in [0.4, 0.5) is 0 Å². The van der Waals surface area contributed by atoms with Gasteiger partial charge in [0.1, 0.15) is 0 Å². The number of ether oxygens (including phenoxy) is 2. The average Bonchev–Trinajstić information content (AvgIpc) is 2.82. The third-order valence-corrected chi connectivity index (χ3v) is 3.42. The minimum Gasteiger partial charge on any atom is -0.353 e. The van der Waals surface area contributed by atoms with E-state index in [0.29, 0.717) is 0 Å². The van der Waals surface area contributed by atoms with Gasteiger partial charge < -0.3 is 9.47 Å². The van der Waals surface area contributed by atoms with E-state index in [-0.39, 0.29) is 17.8 Å². The quantitative estimate of drug-likeness (QED) is 0.677. The van der Waals surface area contributed by atoms with Crippen LogP contribution in [0, 0.1) is 5.92 Å². The molecule has 16 heavy (non-hydrogen) atoms. The lowest BCUT2D eigenvalue weighted by atomic mass is 9.81. The van der Waals surface area contributed by atoms with Crippen LogP contribution in [-0.4, -0.2) is 18.5 Å². The lowest BCUT2D eigenvalue weighted by Crippen LogP contribution is -2.41. The highest BCUT2D eigenvalue weighted by Gasteiger charge is 2.37. The fraction of sp³-hybridized carbons (Fsp3) is 0.571. The van der Waals surface area contributed by atoms with Gasteiger partial charge in [-0.1, -0.05) is 37.3 Å². The summed E-state index contributed by atoms with van der Waals surface area (Å²) in [6, 6.07) is 0. The predicted octanol–water partition coefficient (Wildman–Crippen LogP) is 3.22. The number of allylic oxidation sites excluding steroid dienone is 2. The highest BCUT2D eigenvalue weighted by Crippen LogP contribution is 2.35. The predicted molar refractivity (Wildman–Crippen MR) is 65.0 cm³/mol. The Hall–Kier alpha value is -0.860. The second-order valence-corrected chi connectivity index (χ2v) is 4.37. The first-order valence-electron chi connectivity index (χ1n) is 6.09. The third kappa shape index (κ3) is 2.13. The molecule has 0 aromatic rings. The van der Waals surface area contributed by atoms with Gasteiger partial charge in [0.2, 0.25) is 0 Å². The van der Waals surface area contributed by atoms with Crippen molar-refractivity contribution in [3.05, 3.63) is 37.0 Å². The van der Waals surface area contributed by atoms with E-state index in [9.17, 15) is 0 Å². The molecule has 2 nitrogen and oxygen atoms in total. The molecule has 2 heteroatoms. The number of hydrogen-bond donors (Lipinski definition) is 0. The van der Waals surface area contributed by atoms with Crippen LogP contribution >= 0.6 is 0 Å². The second kappa shape index (κ2) is 4.98. The van der Waals surface area contributed by atoms with Crippen molar-refractivity contribution in [3.8, 4) is 0 Å². The Bertz CT molecular complexity index is 300. The fourth-order valence-corrected chi connectivity index (χ4v) is 2.39. The van der Waals surface area contributed by atoms with E-state index < -0.39 is 0 Å². The zero-order chi connectivity index (χ0) is 11.4. The van der Waals surface area contributed by atoms with E-state index >= 15 is 0 Å². The largest absolute Gasteiger partial charge is 0.353 e. The van der Waals surface area contributed by atoms with Gasteiger partial charge in [-0.25, -0.2) is 0 Å². The maximum atomic E-state index is 6.16. The molecule has 1 saturated heterocycles. The lowest BCUT2D eigenvalue weighted by Gasteiger charge is -2.38.